The van der Waals surface area contributed by atoms with Crippen LogP contribution in [0.15, 0.2) is 48.8 Å². The highest BCUT2D eigenvalue weighted by Gasteiger charge is 2.25. The van der Waals surface area contributed by atoms with Crippen LogP contribution in [0.2, 0.25) is 0 Å². The summed E-state index contributed by atoms with van der Waals surface area (Å²) in [5.41, 5.74) is 2.93. The summed E-state index contributed by atoms with van der Waals surface area (Å²) in [7, 11) is 0. The maximum Gasteiger partial charge on any atom is 0.271 e. The molecule has 5 nitrogen and oxygen atoms in total. The number of piperidine rings is 1. The lowest BCUT2D eigenvalue weighted by Gasteiger charge is -2.32. The van der Waals surface area contributed by atoms with Gasteiger partial charge in [0.1, 0.15) is 5.69 Å². The number of nitrogens with zero attached hydrogens (tertiary/aromatic N) is 3. The van der Waals surface area contributed by atoms with Gasteiger partial charge in [-0.05, 0) is 48.9 Å². The molecule has 3 heterocycles. The zero-order valence-corrected chi connectivity index (χ0v) is 13.5. The van der Waals surface area contributed by atoms with Crippen molar-refractivity contribution in [2.45, 2.75) is 19.3 Å². The maximum absolute atomic E-state index is 12.5. The van der Waals surface area contributed by atoms with Gasteiger partial charge in [0, 0.05) is 30.9 Å². The van der Waals surface area contributed by atoms with E-state index in [0.717, 1.165) is 37.9 Å². The van der Waals surface area contributed by atoms with E-state index in [0.29, 0.717) is 11.6 Å². The van der Waals surface area contributed by atoms with Crippen molar-refractivity contribution in [1.82, 2.24) is 20.1 Å². The number of carbonyl (C=O) groups is 1. The maximum atomic E-state index is 12.5. The average Bonchev–Trinajstić information content (AvgIpc) is 3.16. The monoisotopic (exact) mass is 320 g/mol. The molecule has 0 aliphatic carbocycles. The van der Waals surface area contributed by atoms with Crippen molar-refractivity contribution in [3.63, 3.8) is 0 Å². The van der Waals surface area contributed by atoms with Gasteiger partial charge in [0.2, 0.25) is 0 Å². The Hall–Kier alpha value is -2.69. The van der Waals surface area contributed by atoms with Crippen LogP contribution in [0.25, 0.3) is 10.9 Å². The van der Waals surface area contributed by atoms with Crippen molar-refractivity contribution < 1.29 is 4.79 Å². The number of aromatic amines is 1. The number of hydrogen-bond acceptors (Lipinski definition) is 3. The van der Waals surface area contributed by atoms with E-state index in [4.69, 9.17) is 0 Å². The Labute approximate surface area is 140 Å². The molecule has 2 aromatic heterocycles. The van der Waals surface area contributed by atoms with Gasteiger partial charge in [-0.3, -0.25) is 14.9 Å². The second kappa shape index (κ2) is 6.43. The molecule has 5 heteroatoms. The van der Waals surface area contributed by atoms with Crippen molar-refractivity contribution in [3.05, 3.63) is 60.0 Å². The average molecular weight is 320 g/mol. The van der Waals surface area contributed by atoms with Crippen molar-refractivity contribution in [2.24, 2.45) is 5.92 Å². The fourth-order valence-corrected chi connectivity index (χ4v) is 3.62. The Kier molecular flexibility index (Phi) is 3.99. The minimum Gasteiger partial charge on any atom is -0.337 e. The molecule has 1 fully saturated rings. The fraction of sp³-hybridized carbons (Fsp3) is 0.316. The van der Waals surface area contributed by atoms with E-state index in [2.05, 4.69) is 33.4 Å². The lowest BCUT2D eigenvalue weighted by Crippen LogP contribution is -2.40. The lowest BCUT2D eigenvalue weighted by atomic mass is 9.89. The van der Waals surface area contributed by atoms with Crippen LogP contribution < -0.4 is 0 Å². The minimum absolute atomic E-state index is 0.0526. The van der Waals surface area contributed by atoms with Crippen LogP contribution in [0, 0.1) is 5.92 Å². The summed E-state index contributed by atoms with van der Waals surface area (Å²) in [6.07, 6.45) is 6.64. The van der Waals surface area contributed by atoms with Gasteiger partial charge in [-0.25, -0.2) is 0 Å². The molecule has 0 spiro atoms. The Bertz CT molecular complexity index is 838. The number of rotatable bonds is 3. The topological polar surface area (TPSA) is 61.9 Å². The molecule has 3 aromatic rings. The molecule has 0 bridgehead atoms. The van der Waals surface area contributed by atoms with E-state index >= 15 is 0 Å². The van der Waals surface area contributed by atoms with E-state index in [1.54, 1.807) is 12.3 Å². The number of nitrogens with one attached hydrogen (secondary N) is 1. The van der Waals surface area contributed by atoms with Crippen LogP contribution in [0.3, 0.4) is 0 Å². The molecule has 1 N–H and O–H groups in total. The lowest BCUT2D eigenvalue weighted by molar-refractivity contribution is 0.0667. The Balaban J connectivity index is 1.51. The van der Waals surface area contributed by atoms with Crippen molar-refractivity contribution in [1.29, 1.82) is 0 Å². The summed E-state index contributed by atoms with van der Waals surface area (Å²) in [5, 5.41) is 7.87. The van der Waals surface area contributed by atoms with Gasteiger partial charge in [-0.15, -0.1) is 0 Å². The number of amides is 1. The standard InChI is InChI=1S/C19H20N4O/c24-19(18-8-10-21-22-18)23-11-3-4-14(13-23)12-15-5-1-7-17-16(15)6-2-9-20-17/h1-2,5-10,14H,3-4,11-13H2,(H,21,22)/t14-/m1/s1. The third-order valence-corrected chi connectivity index (χ3v) is 4.78. The van der Waals surface area contributed by atoms with Gasteiger partial charge >= 0.3 is 0 Å². The first-order chi connectivity index (χ1) is 11.8. The minimum atomic E-state index is 0.0526. The molecule has 1 amide bonds. The van der Waals surface area contributed by atoms with Crippen LogP contribution in [0.4, 0.5) is 0 Å². The number of aromatic nitrogens is 3. The predicted octanol–water partition coefficient (Wildman–Crippen LogP) is 3.05. The normalized spacial score (nSPS) is 18.0. The molecule has 4 rings (SSSR count). The highest BCUT2D eigenvalue weighted by molar-refractivity contribution is 5.92. The number of benzene rings is 1. The smallest absolute Gasteiger partial charge is 0.271 e. The first kappa shape index (κ1) is 14.9. The summed E-state index contributed by atoms with van der Waals surface area (Å²) < 4.78 is 0. The number of hydrogen-bond donors (Lipinski definition) is 1. The molecular weight excluding hydrogens is 300 g/mol. The Morgan fingerprint density at radius 3 is 3.04 bits per heavy atom. The van der Waals surface area contributed by atoms with E-state index in [9.17, 15) is 4.79 Å². The second-order valence-electron chi connectivity index (χ2n) is 6.42. The summed E-state index contributed by atoms with van der Waals surface area (Å²) in [4.78, 5) is 18.9. The highest BCUT2D eigenvalue weighted by Crippen LogP contribution is 2.25. The van der Waals surface area contributed by atoms with Gasteiger partial charge in [0.15, 0.2) is 0 Å². The fourth-order valence-electron chi connectivity index (χ4n) is 3.62. The van der Waals surface area contributed by atoms with Gasteiger partial charge in [0.05, 0.1) is 5.52 Å². The largest absolute Gasteiger partial charge is 0.337 e. The zero-order valence-electron chi connectivity index (χ0n) is 13.5. The molecule has 1 saturated heterocycles. The molecule has 1 aliphatic heterocycles. The van der Waals surface area contributed by atoms with E-state index in [-0.39, 0.29) is 5.91 Å². The van der Waals surface area contributed by atoms with Gasteiger partial charge < -0.3 is 4.90 Å². The van der Waals surface area contributed by atoms with Crippen LogP contribution in [0.1, 0.15) is 28.9 Å². The van der Waals surface area contributed by atoms with Crippen LogP contribution in [-0.4, -0.2) is 39.1 Å². The quantitative estimate of drug-likeness (QED) is 0.807. The van der Waals surface area contributed by atoms with Gasteiger partial charge in [-0.1, -0.05) is 18.2 Å². The van der Waals surface area contributed by atoms with Crippen molar-refractivity contribution in [3.8, 4) is 0 Å². The van der Waals surface area contributed by atoms with E-state index < -0.39 is 0 Å². The Morgan fingerprint density at radius 1 is 1.21 bits per heavy atom. The van der Waals surface area contributed by atoms with Crippen LogP contribution in [0.5, 0.6) is 0 Å². The first-order valence-electron chi connectivity index (χ1n) is 8.42. The summed E-state index contributed by atoms with van der Waals surface area (Å²) in [5.74, 6) is 0.535. The van der Waals surface area contributed by atoms with E-state index in [1.165, 1.54) is 10.9 Å². The van der Waals surface area contributed by atoms with Gasteiger partial charge in [0.25, 0.3) is 5.91 Å². The van der Waals surface area contributed by atoms with Crippen LogP contribution in [-0.2, 0) is 6.42 Å². The van der Waals surface area contributed by atoms with E-state index in [1.807, 2.05) is 23.2 Å². The molecule has 1 aromatic carbocycles. The Morgan fingerprint density at radius 2 is 2.17 bits per heavy atom. The van der Waals surface area contributed by atoms with Gasteiger partial charge in [-0.2, -0.15) is 5.10 Å². The first-order valence-corrected chi connectivity index (χ1v) is 8.42. The molecule has 1 aliphatic rings. The molecule has 0 unspecified atom stereocenters. The number of carbonyl (C=O) groups excluding carboxylic acids is 1. The third-order valence-electron chi connectivity index (χ3n) is 4.78. The molecule has 122 valence electrons. The molecule has 24 heavy (non-hydrogen) atoms. The summed E-state index contributed by atoms with van der Waals surface area (Å²) in [6, 6.07) is 12.2. The number of H-pyrrole nitrogens is 1. The van der Waals surface area contributed by atoms with Crippen LogP contribution >= 0.6 is 0 Å². The number of pyridine rings is 1. The molecular formula is C19H20N4O. The third kappa shape index (κ3) is 2.89. The number of likely N-dealkylation sites (tertiary alicyclic amines) is 1. The van der Waals surface area contributed by atoms with Crippen molar-refractivity contribution >= 4 is 16.8 Å². The number of fused-ring (bicyclic) bond motifs is 1. The second-order valence-corrected chi connectivity index (χ2v) is 6.42. The van der Waals surface area contributed by atoms with Crippen molar-refractivity contribution in [2.75, 3.05) is 13.1 Å². The highest BCUT2D eigenvalue weighted by atomic mass is 16.2. The zero-order chi connectivity index (χ0) is 16.4. The summed E-state index contributed by atoms with van der Waals surface area (Å²) >= 11 is 0. The molecule has 1 atom stereocenters. The predicted molar refractivity (Wildman–Crippen MR) is 92.7 cm³/mol. The molecule has 0 saturated carbocycles. The molecule has 0 radical (unpaired) electrons. The SMILES string of the molecule is O=C(c1ccn[nH]1)N1CCC[C@H](Cc2cccc3ncccc23)C1. The summed E-state index contributed by atoms with van der Waals surface area (Å²) in [6.45, 7) is 1.62.